The van der Waals surface area contributed by atoms with E-state index in [1.54, 1.807) is 23.7 Å². The summed E-state index contributed by atoms with van der Waals surface area (Å²) >= 11 is 0. The lowest BCUT2D eigenvalue weighted by atomic mass is 9.83. The summed E-state index contributed by atoms with van der Waals surface area (Å²) in [5.74, 6) is 0.523. The van der Waals surface area contributed by atoms with Crippen molar-refractivity contribution in [3.8, 4) is 0 Å². The molecule has 100 valence electrons. The summed E-state index contributed by atoms with van der Waals surface area (Å²) in [6, 6.07) is 0.425. The Labute approximate surface area is 110 Å². The maximum absolute atomic E-state index is 4.49. The van der Waals surface area contributed by atoms with Gasteiger partial charge in [-0.1, -0.05) is 0 Å². The number of hydrogen-bond acceptors (Lipinski definition) is 6. The third-order valence-corrected chi connectivity index (χ3v) is 3.71. The zero-order chi connectivity index (χ0) is 13.1. The first kappa shape index (κ1) is 11.9. The first-order valence-electron chi connectivity index (χ1n) is 6.45. The van der Waals surface area contributed by atoms with Crippen LogP contribution < -0.4 is 0 Å². The Morgan fingerprint density at radius 3 is 2.42 bits per heavy atom. The van der Waals surface area contributed by atoms with Gasteiger partial charge in [0.05, 0.1) is 6.04 Å². The van der Waals surface area contributed by atoms with E-state index >= 15 is 0 Å². The molecule has 0 aromatic carbocycles. The Bertz CT molecular complexity index is 521. The van der Waals surface area contributed by atoms with Crippen LogP contribution >= 0.6 is 0 Å². The highest BCUT2D eigenvalue weighted by molar-refractivity contribution is 5.84. The highest BCUT2D eigenvalue weighted by atomic mass is 15.5. The maximum Gasteiger partial charge on any atom is 0.141 e. The molecule has 0 amide bonds. The molecule has 0 unspecified atom stereocenters. The Morgan fingerprint density at radius 2 is 1.79 bits per heavy atom. The molecule has 2 aromatic heterocycles. The molecule has 2 heterocycles. The molecular weight excluding hydrogens is 244 g/mol. The monoisotopic (exact) mass is 260 g/mol. The van der Waals surface area contributed by atoms with Gasteiger partial charge in [-0.25, -0.2) is 9.36 Å². The van der Waals surface area contributed by atoms with Crippen LogP contribution in [-0.4, -0.2) is 40.8 Å². The van der Waals surface area contributed by atoms with Gasteiger partial charge in [-0.15, -0.1) is 15.3 Å². The average Bonchev–Trinajstić information content (AvgIpc) is 3.12. The quantitative estimate of drug-likeness (QED) is 0.766. The van der Waals surface area contributed by atoms with Crippen molar-refractivity contribution in [2.75, 3.05) is 0 Å². The molecule has 0 radical (unpaired) electrons. The first-order valence-corrected chi connectivity index (χ1v) is 6.45. The second-order valence-electron chi connectivity index (χ2n) is 4.88. The van der Waals surface area contributed by atoms with Crippen LogP contribution in [0.15, 0.2) is 24.1 Å². The smallest absolute Gasteiger partial charge is 0.141 e. The van der Waals surface area contributed by atoms with Crippen molar-refractivity contribution in [3.63, 3.8) is 0 Å². The lowest BCUT2D eigenvalue weighted by molar-refractivity contribution is 0.295. The van der Waals surface area contributed by atoms with Crippen LogP contribution in [0.25, 0.3) is 0 Å². The predicted molar refractivity (Wildman–Crippen MR) is 67.3 cm³/mol. The van der Waals surface area contributed by atoms with E-state index in [0.29, 0.717) is 12.0 Å². The fourth-order valence-corrected chi connectivity index (χ4v) is 2.60. The summed E-state index contributed by atoms with van der Waals surface area (Å²) in [4.78, 5) is 0. The number of nitrogens with zero attached hydrogens (tertiary/aromatic N) is 8. The zero-order valence-electron chi connectivity index (χ0n) is 10.8. The molecule has 0 spiro atoms. The van der Waals surface area contributed by atoms with Gasteiger partial charge in [0.1, 0.15) is 19.0 Å². The maximum atomic E-state index is 4.49. The molecular formula is C11H16N8. The highest BCUT2D eigenvalue weighted by Crippen LogP contribution is 2.32. The normalized spacial score (nSPS) is 24.6. The van der Waals surface area contributed by atoms with Crippen molar-refractivity contribution in [1.82, 2.24) is 35.1 Å². The van der Waals surface area contributed by atoms with Crippen molar-refractivity contribution in [2.45, 2.75) is 38.6 Å². The Balaban J connectivity index is 1.61. The Morgan fingerprint density at radius 1 is 1.05 bits per heavy atom. The summed E-state index contributed by atoms with van der Waals surface area (Å²) < 4.78 is 3.52. The number of hydrogen-bond donors (Lipinski definition) is 0. The van der Waals surface area contributed by atoms with Gasteiger partial charge in [0, 0.05) is 5.71 Å². The molecule has 1 saturated carbocycles. The summed E-state index contributed by atoms with van der Waals surface area (Å²) in [6.07, 6.45) is 9.31. The van der Waals surface area contributed by atoms with E-state index in [2.05, 4.69) is 37.7 Å². The minimum Gasteiger partial charge on any atom is -0.229 e. The van der Waals surface area contributed by atoms with Crippen LogP contribution in [0.3, 0.4) is 0 Å². The zero-order valence-corrected chi connectivity index (χ0v) is 10.8. The van der Waals surface area contributed by atoms with Crippen LogP contribution in [0.5, 0.6) is 0 Å². The van der Waals surface area contributed by atoms with Crippen LogP contribution in [0.1, 0.15) is 38.6 Å². The van der Waals surface area contributed by atoms with Crippen molar-refractivity contribution >= 4 is 5.71 Å². The van der Waals surface area contributed by atoms with Crippen LogP contribution in [0.4, 0.5) is 0 Å². The summed E-state index contributed by atoms with van der Waals surface area (Å²) in [5, 5.41) is 23.3. The standard InChI is InChI=1S/C11H16N8/c1-9(15-18-6-12-13-7-18)10-2-4-11(5-3-10)19-8-14-16-17-19/h6-8,10-11H,2-5H2,1H3/b15-9+. The Hall–Kier alpha value is -2.12. The molecule has 1 aliphatic carbocycles. The fourth-order valence-electron chi connectivity index (χ4n) is 2.60. The second-order valence-corrected chi connectivity index (χ2v) is 4.88. The molecule has 1 aliphatic rings. The second kappa shape index (κ2) is 5.25. The largest absolute Gasteiger partial charge is 0.229 e. The van der Waals surface area contributed by atoms with E-state index < -0.39 is 0 Å². The topological polar surface area (TPSA) is 86.7 Å². The molecule has 0 N–H and O–H groups in total. The molecule has 8 heteroatoms. The fraction of sp³-hybridized carbons (Fsp3) is 0.636. The van der Waals surface area contributed by atoms with Gasteiger partial charge in [-0.2, -0.15) is 5.10 Å². The van der Waals surface area contributed by atoms with E-state index in [1.165, 1.54) is 0 Å². The van der Waals surface area contributed by atoms with Gasteiger partial charge in [0.15, 0.2) is 0 Å². The van der Waals surface area contributed by atoms with Gasteiger partial charge < -0.3 is 0 Å². The molecule has 1 fully saturated rings. The Kier molecular flexibility index (Phi) is 3.30. The molecule has 0 aliphatic heterocycles. The highest BCUT2D eigenvalue weighted by Gasteiger charge is 2.24. The third kappa shape index (κ3) is 2.67. The molecule has 0 saturated heterocycles. The van der Waals surface area contributed by atoms with E-state index in [9.17, 15) is 0 Å². The van der Waals surface area contributed by atoms with Crippen molar-refractivity contribution in [1.29, 1.82) is 0 Å². The molecule has 3 rings (SSSR count). The molecule has 0 bridgehead atoms. The van der Waals surface area contributed by atoms with E-state index in [1.807, 2.05) is 4.68 Å². The SMILES string of the molecule is C/C(=N\n1cnnc1)C1CCC(n2cnnn2)CC1. The predicted octanol–water partition coefficient (Wildman–Crippen LogP) is 0.920. The van der Waals surface area contributed by atoms with Crippen molar-refractivity contribution in [3.05, 3.63) is 19.0 Å². The molecule has 8 nitrogen and oxygen atoms in total. The third-order valence-electron chi connectivity index (χ3n) is 3.71. The molecule has 19 heavy (non-hydrogen) atoms. The average molecular weight is 260 g/mol. The lowest BCUT2D eigenvalue weighted by Crippen LogP contribution is -2.23. The van der Waals surface area contributed by atoms with E-state index in [-0.39, 0.29) is 0 Å². The van der Waals surface area contributed by atoms with Crippen LogP contribution in [0.2, 0.25) is 0 Å². The van der Waals surface area contributed by atoms with Gasteiger partial charge in [-0.3, -0.25) is 0 Å². The van der Waals surface area contributed by atoms with Gasteiger partial charge >= 0.3 is 0 Å². The number of tetrazole rings is 1. The van der Waals surface area contributed by atoms with Crippen molar-refractivity contribution < 1.29 is 0 Å². The minimum atomic E-state index is 0.425. The van der Waals surface area contributed by atoms with Gasteiger partial charge in [0.25, 0.3) is 0 Å². The van der Waals surface area contributed by atoms with Crippen LogP contribution in [0, 0.1) is 5.92 Å². The first-order chi connectivity index (χ1) is 9.33. The van der Waals surface area contributed by atoms with Gasteiger partial charge in [0.2, 0.25) is 0 Å². The summed E-state index contributed by atoms with van der Waals surface area (Å²) in [6.45, 7) is 2.07. The number of aromatic nitrogens is 7. The summed E-state index contributed by atoms with van der Waals surface area (Å²) in [5.41, 5.74) is 1.13. The molecule has 2 aromatic rings. The van der Waals surface area contributed by atoms with E-state index in [4.69, 9.17) is 0 Å². The minimum absolute atomic E-state index is 0.425. The van der Waals surface area contributed by atoms with Gasteiger partial charge in [-0.05, 0) is 49.0 Å². The van der Waals surface area contributed by atoms with Crippen LogP contribution in [-0.2, 0) is 0 Å². The van der Waals surface area contributed by atoms with Crippen molar-refractivity contribution in [2.24, 2.45) is 11.0 Å². The van der Waals surface area contributed by atoms with E-state index in [0.717, 1.165) is 31.4 Å². The lowest BCUT2D eigenvalue weighted by Gasteiger charge is -2.27. The summed E-state index contributed by atoms with van der Waals surface area (Å²) in [7, 11) is 0. The number of rotatable bonds is 3. The molecule has 0 atom stereocenters.